The largest absolute Gasteiger partial charge is 0.756 e. The fourth-order valence-corrected chi connectivity index (χ4v) is 6.10. The van der Waals surface area contributed by atoms with E-state index >= 15 is 0 Å². The molecule has 59 heavy (non-hydrogen) atoms. The number of allylic oxidation sites excluding steroid dienone is 19. The molecule has 334 valence electrons. The summed E-state index contributed by atoms with van der Waals surface area (Å²) in [6, 6.07) is -0.910. The molecule has 0 saturated heterocycles. The van der Waals surface area contributed by atoms with E-state index in [1.165, 1.54) is 0 Å². The molecule has 0 aliphatic heterocycles. The topological polar surface area (TPSA) is 108 Å². The number of carbonyl (C=O) groups is 1. The molecular formula is C50H83N2O6P. The number of quaternary nitrogens is 1. The third kappa shape index (κ3) is 42.8. The lowest BCUT2D eigenvalue weighted by Gasteiger charge is -2.29. The molecule has 0 aromatic carbocycles. The standard InChI is InChI=1S/C50H83N2O6P/c1-6-8-10-12-14-15-16-17-18-19-20-21-22-23-24-25-26-27-28-29-30-31-32-33-34-35-36-37-38-40-42-44-50(54)51-48(49(53)43-41-39-13-11-9-7-2)47-58-59(55,56)57-46-45-52(3,4)5/h8,10,14-15,17-18,20-21,23-24,26-27,29-30,32-33,35-36,41,43,48-49,53H,6-7,9,11-13,16,19,22,25,28,31,34,37-40,42,44-47H2,1-5H3,(H-,51,54,55,56)/b10-8-,15-14-,18-17-,21-20-,24-23-,27-26-,30-29-,33-32-,36-35-,43-41+. The molecule has 1 amide bonds. The van der Waals surface area contributed by atoms with Crippen molar-refractivity contribution in [3.05, 3.63) is 122 Å². The van der Waals surface area contributed by atoms with Crippen molar-refractivity contribution in [2.45, 2.75) is 148 Å². The Morgan fingerprint density at radius 1 is 0.610 bits per heavy atom. The van der Waals surface area contributed by atoms with Gasteiger partial charge in [-0.2, -0.15) is 0 Å². The zero-order chi connectivity index (χ0) is 43.6. The van der Waals surface area contributed by atoms with Crippen molar-refractivity contribution in [1.82, 2.24) is 5.32 Å². The Balaban J connectivity index is 4.22. The highest BCUT2D eigenvalue weighted by Gasteiger charge is 2.23. The summed E-state index contributed by atoms with van der Waals surface area (Å²) in [5.74, 6) is -0.243. The maximum atomic E-state index is 12.8. The normalized spacial score (nSPS) is 15.4. The molecule has 0 saturated carbocycles. The monoisotopic (exact) mass is 839 g/mol. The number of nitrogens with zero attached hydrogens (tertiary/aromatic N) is 1. The summed E-state index contributed by atoms with van der Waals surface area (Å²) in [6.45, 7) is 4.37. The van der Waals surface area contributed by atoms with Crippen LogP contribution in [0.4, 0.5) is 0 Å². The maximum absolute atomic E-state index is 12.8. The summed E-state index contributed by atoms with van der Waals surface area (Å²) in [5.41, 5.74) is 0. The van der Waals surface area contributed by atoms with E-state index in [2.05, 4.69) is 129 Å². The molecular weight excluding hydrogens is 756 g/mol. The molecule has 3 unspecified atom stereocenters. The summed E-state index contributed by atoms with van der Waals surface area (Å²) in [4.78, 5) is 25.1. The first kappa shape index (κ1) is 55.9. The summed E-state index contributed by atoms with van der Waals surface area (Å²) in [5, 5.41) is 13.6. The number of carbonyl (C=O) groups excluding carboxylic acids is 1. The van der Waals surface area contributed by atoms with Crippen molar-refractivity contribution in [1.29, 1.82) is 0 Å². The average Bonchev–Trinajstić information content (AvgIpc) is 3.19. The summed E-state index contributed by atoms with van der Waals surface area (Å²) >= 11 is 0. The minimum absolute atomic E-state index is 0.0160. The van der Waals surface area contributed by atoms with Gasteiger partial charge in [-0.05, 0) is 89.9 Å². The third-order valence-electron chi connectivity index (χ3n) is 8.93. The highest BCUT2D eigenvalue weighted by atomic mass is 31.2. The van der Waals surface area contributed by atoms with Gasteiger partial charge in [-0.15, -0.1) is 0 Å². The zero-order valence-corrected chi connectivity index (χ0v) is 38.5. The smallest absolute Gasteiger partial charge is 0.268 e. The average molecular weight is 839 g/mol. The second kappa shape index (κ2) is 40.3. The molecule has 2 N–H and O–H groups in total. The van der Waals surface area contributed by atoms with E-state index in [9.17, 15) is 19.4 Å². The van der Waals surface area contributed by atoms with Gasteiger partial charge >= 0.3 is 0 Å². The number of unbranched alkanes of at least 4 members (excludes halogenated alkanes) is 7. The van der Waals surface area contributed by atoms with Crippen LogP contribution in [0.5, 0.6) is 0 Å². The minimum Gasteiger partial charge on any atom is -0.756 e. The van der Waals surface area contributed by atoms with Crippen molar-refractivity contribution in [3.8, 4) is 0 Å². The second-order valence-electron chi connectivity index (χ2n) is 15.7. The Kier molecular flexibility index (Phi) is 38.2. The van der Waals surface area contributed by atoms with E-state index in [1.807, 2.05) is 27.2 Å². The van der Waals surface area contributed by atoms with E-state index in [-0.39, 0.29) is 12.5 Å². The third-order valence-corrected chi connectivity index (χ3v) is 9.89. The number of nitrogens with one attached hydrogen (secondary N) is 1. The maximum Gasteiger partial charge on any atom is 0.268 e. The van der Waals surface area contributed by atoms with Crippen LogP contribution in [0, 0.1) is 0 Å². The van der Waals surface area contributed by atoms with E-state index in [1.54, 1.807) is 6.08 Å². The van der Waals surface area contributed by atoms with Crippen LogP contribution in [0.15, 0.2) is 122 Å². The first-order chi connectivity index (χ1) is 28.5. The van der Waals surface area contributed by atoms with E-state index in [0.29, 0.717) is 23.9 Å². The van der Waals surface area contributed by atoms with Crippen molar-refractivity contribution in [2.75, 3.05) is 40.9 Å². The molecule has 0 aromatic rings. The minimum atomic E-state index is -4.59. The number of likely N-dealkylation sites (N-methyl/N-ethyl adjacent to an activating group) is 1. The molecule has 3 atom stereocenters. The van der Waals surface area contributed by atoms with Crippen LogP contribution in [0.1, 0.15) is 136 Å². The fraction of sp³-hybridized carbons (Fsp3) is 0.580. The molecule has 9 heteroatoms. The summed E-state index contributed by atoms with van der Waals surface area (Å²) in [6.07, 6.45) is 60.0. The summed E-state index contributed by atoms with van der Waals surface area (Å²) < 4.78 is 23.0. The van der Waals surface area contributed by atoms with Crippen LogP contribution >= 0.6 is 7.82 Å². The molecule has 0 fully saturated rings. The van der Waals surface area contributed by atoms with E-state index < -0.39 is 26.6 Å². The zero-order valence-electron chi connectivity index (χ0n) is 37.6. The first-order valence-corrected chi connectivity index (χ1v) is 23.9. The molecule has 0 aliphatic rings. The molecule has 0 heterocycles. The van der Waals surface area contributed by atoms with E-state index in [0.717, 1.165) is 109 Å². The first-order valence-electron chi connectivity index (χ1n) is 22.4. The number of amides is 1. The lowest BCUT2D eigenvalue weighted by atomic mass is 10.1. The van der Waals surface area contributed by atoms with Crippen LogP contribution in [0.2, 0.25) is 0 Å². The van der Waals surface area contributed by atoms with Crippen LogP contribution in [-0.4, -0.2) is 68.5 Å². The lowest BCUT2D eigenvalue weighted by molar-refractivity contribution is -0.870. The van der Waals surface area contributed by atoms with Gasteiger partial charge in [0, 0.05) is 6.42 Å². The number of rotatable bonds is 38. The van der Waals surface area contributed by atoms with Crippen LogP contribution < -0.4 is 10.2 Å². The molecule has 0 aliphatic carbocycles. The van der Waals surface area contributed by atoms with E-state index in [4.69, 9.17) is 9.05 Å². The number of aliphatic hydroxyl groups excluding tert-OH is 1. The van der Waals surface area contributed by atoms with Gasteiger partial charge < -0.3 is 28.8 Å². The lowest BCUT2D eigenvalue weighted by Crippen LogP contribution is -2.45. The highest BCUT2D eigenvalue weighted by Crippen LogP contribution is 2.38. The predicted molar refractivity (Wildman–Crippen MR) is 251 cm³/mol. The number of phosphoric ester groups is 1. The Morgan fingerprint density at radius 3 is 1.47 bits per heavy atom. The highest BCUT2D eigenvalue weighted by molar-refractivity contribution is 7.45. The predicted octanol–water partition coefficient (Wildman–Crippen LogP) is 12.1. The number of phosphoric acid groups is 1. The van der Waals surface area contributed by atoms with Gasteiger partial charge in [0.25, 0.3) is 7.82 Å². The number of aliphatic hydroxyl groups is 1. The molecule has 0 aromatic heterocycles. The van der Waals surface area contributed by atoms with Crippen molar-refractivity contribution < 1.29 is 32.9 Å². The Bertz CT molecular complexity index is 1370. The van der Waals surface area contributed by atoms with Crippen LogP contribution in [0.25, 0.3) is 0 Å². The SMILES string of the molecule is CC/C=C\C/C=C\C/C=C\C/C=C\C/C=C\C/C=C\C/C=C\C/C=C\C/C=C\CCCCCC(=O)NC(COP(=O)([O-])OCC[N+](C)(C)C)C(O)/C=C/CCCCCC. The van der Waals surface area contributed by atoms with Gasteiger partial charge in [-0.1, -0.05) is 161 Å². The van der Waals surface area contributed by atoms with Gasteiger partial charge in [0.15, 0.2) is 0 Å². The van der Waals surface area contributed by atoms with Crippen molar-refractivity contribution in [2.24, 2.45) is 0 Å². The fourth-order valence-electron chi connectivity index (χ4n) is 5.38. The Labute approximate surface area is 361 Å². The van der Waals surface area contributed by atoms with Crippen LogP contribution in [-0.2, 0) is 18.4 Å². The summed E-state index contributed by atoms with van der Waals surface area (Å²) in [7, 11) is 1.21. The quantitative estimate of drug-likeness (QED) is 0.0277. The number of hydrogen-bond donors (Lipinski definition) is 2. The Morgan fingerprint density at radius 2 is 1.03 bits per heavy atom. The van der Waals surface area contributed by atoms with Gasteiger partial charge in [-0.25, -0.2) is 0 Å². The van der Waals surface area contributed by atoms with Crippen molar-refractivity contribution in [3.63, 3.8) is 0 Å². The molecule has 8 nitrogen and oxygen atoms in total. The van der Waals surface area contributed by atoms with Gasteiger partial charge in [-0.3, -0.25) is 9.36 Å². The molecule has 0 rings (SSSR count). The van der Waals surface area contributed by atoms with Crippen molar-refractivity contribution >= 4 is 13.7 Å². The Hall–Kier alpha value is -3.10. The number of hydrogen-bond acceptors (Lipinski definition) is 6. The van der Waals surface area contributed by atoms with Gasteiger partial charge in [0.05, 0.1) is 39.9 Å². The molecule has 0 radical (unpaired) electrons. The molecule has 0 spiro atoms. The van der Waals surface area contributed by atoms with Crippen LogP contribution in [0.3, 0.4) is 0 Å². The van der Waals surface area contributed by atoms with Gasteiger partial charge in [0.2, 0.25) is 5.91 Å². The molecule has 0 bridgehead atoms. The van der Waals surface area contributed by atoms with Gasteiger partial charge in [0.1, 0.15) is 13.2 Å². The second-order valence-corrected chi connectivity index (χ2v) is 17.1.